The highest BCUT2D eigenvalue weighted by Crippen LogP contribution is 2.36. The SMILES string of the molecule is CC(C)(C)[Si](OC[C@H](CC=O)OC(N)=O)(c1ccccc1)c1ccccc1. The van der Waals surface area contributed by atoms with E-state index >= 15 is 0 Å². The molecule has 1 amide bonds. The maximum atomic E-state index is 11.2. The highest BCUT2D eigenvalue weighted by atomic mass is 28.4. The summed E-state index contributed by atoms with van der Waals surface area (Å²) in [4.78, 5) is 22.2. The molecule has 0 aliphatic carbocycles. The Labute approximate surface area is 161 Å². The van der Waals surface area contributed by atoms with Crippen LogP contribution < -0.4 is 16.1 Å². The smallest absolute Gasteiger partial charge is 0.404 e. The van der Waals surface area contributed by atoms with Gasteiger partial charge in [-0.15, -0.1) is 0 Å². The molecule has 0 bridgehead atoms. The molecule has 2 N–H and O–H groups in total. The lowest BCUT2D eigenvalue weighted by molar-refractivity contribution is -0.109. The maximum absolute atomic E-state index is 11.2. The Kier molecular flexibility index (Phi) is 6.93. The van der Waals surface area contributed by atoms with Gasteiger partial charge in [0.15, 0.2) is 0 Å². The minimum atomic E-state index is -2.74. The quantitative estimate of drug-likeness (QED) is 0.560. The van der Waals surface area contributed by atoms with Crippen LogP contribution >= 0.6 is 0 Å². The van der Waals surface area contributed by atoms with E-state index in [0.717, 1.165) is 10.4 Å². The number of nitrogens with two attached hydrogens (primary N) is 1. The summed E-state index contributed by atoms with van der Waals surface area (Å²) in [7, 11) is -2.74. The number of carbonyl (C=O) groups excluding carboxylic acids is 2. The zero-order chi connectivity index (χ0) is 19.9. The zero-order valence-corrected chi connectivity index (χ0v) is 17.1. The molecule has 0 aliphatic rings. The predicted molar refractivity (Wildman–Crippen MR) is 109 cm³/mol. The van der Waals surface area contributed by atoms with Crippen LogP contribution in [0.4, 0.5) is 4.79 Å². The van der Waals surface area contributed by atoms with E-state index in [9.17, 15) is 9.59 Å². The Morgan fingerprint density at radius 3 is 1.89 bits per heavy atom. The van der Waals surface area contributed by atoms with Crippen molar-refractivity contribution in [1.82, 2.24) is 0 Å². The first-order valence-electron chi connectivity index (χ1n) is 8.96. The molecule has 27 heavy (non-hydrogen) atoms. The minimum absolute atomic E-state index is 0.0428. The molecule has 0 saturated carbocycles. The van der Waals surface area contributed by atoms with E-state index in [2.05, 4.69) is 45.0 Å². The molecule has 1 atom stereocenters. The second kappa shape index (κ2) is 8.97. The van der Waals surface area contributed by atoms with Gasteiger partial charge in [0.1, 0.15) is 12.4 Å². The van der Waals surface area contributed by atoms with E-state index in [1.807, 2.05) is 36.4 Å². The van der Waals surface area contributed by atoms with Gasteiger partial charge in [0, 0.05) is 6.42 Å². The number of hydrogen-bond acceptors (Lipinski definition) is 4. The monoisotopic (exact) mass is 385 g/mol. The van der Waals surface area contributed by atoms with E-state index in [4.69, 9.17) is 14.9 Å². The Balaban J connectivity index is 2.52. The Morgan fingerprint density at radius 1 is 1.04 bits per heavy atom. The largest absolute Gasteiger partial charge is 0.444 e. The molecule has 6 heteroatoms. The fourth-order valence-electron chi connectivity index (χ4n) is 3.40. The van der Waals surface area contributed by atoms with Crippen LogP contribution in [-0.4, -0.2) is 33.4 Å². The van der Waals surface area contributed by atoms with Crippen LogP contribution in [0, 0.1) is 0 Å². The summed E-state index contributed by atoms with van der Waals surface area (Å²) >= 11 is 0. The summed E-state index contributed by atoms with van der Waals surface area (Å²) < 4.78 is 11.7. The van der Waals surface area contributed by atoms with Crippen molar-refractivity contribution in [2.24, 2.45) is 5.73 Å². The number of hydrogen-bond donors (Lipinski definition) is 1. The van der Waals surface area contributed by atoms with Crippen LogP contribution in [0.3, 0.4) is 0 Å². The number of benzene rings is 2. The van der Waals surface area contributed by atoms with E-state index in [0.29, 0.717) is 6.29 Å². The van der Waals surface area contributed by atoms with Crippen LogP contribution in [0.5, 0.6) is 0 Å². The van der Waals surface area contributed by atoms with E-state index < -0.39 is 20.5 Å². The number of rotatable bonds is 8. The van der Waals surface area contributed by atoms with Crippen molar-refractivity contribution in [2.45, 2.75) is 38.3 Å². The van der Waals surface area contributed by atoms with Crippen LogP contribution in [0.1, 0.15) is 27.2 Å². The Hall–Kier alpha value is -2.44. The van der Waals surface area contributed by atoms with Crippen molar-refractivity contribution in [2.75, 3.05) is 6.61 Å². The summed E-state index contributed by atoms with van der Waals surface area (Å²) in [5.74, 6) is 0. The molecule has 5 nitrogen and oxygen atoms in total. The van der Waals surface area contributed by atoms with Crippen LogP contribution in [0.15, 0.2) is 60.7 Å². The van der Waals surface area contributed by atoms with E-state index in [1.165, 1.54) is 0 Å². The van der Waals surface area contributed by atoms with Gasteiger partial charge in [-0.3, -0.25) is 0 Å². The molecule has 0 aromatic heterocycles. The maximum Gasteiger partial charge on any atom is 0.404 e. The normalized spacial score (nSPS) is 13.0. The molecule has 0 spiro atoms. The molecule has 0 unspecified atom stereocenters. The number of aldehydes is 1. The van der Waals surface area contributed by atoms with Crippen molar-refractivity contribution in [1.29, 1.82) is 0 Å². The molecule has 144 valence electrons. The third-order valence-corrected chi connectivity index (χ3v) is 9.55. The summed E-state index contributed by atoms with van der Waals surface area (Å²) in [6.07, 6.45) is -0.863. The number of carbonyl (C=O) groups is 2. The van der Waals surface area contributed by atoms with Gasteiger partial charge in [-0.05, 0) is 15.4 Å². The lowest BCUT2D eigenvalue weighted by Crippen LogP contribution is -2.67. The van der Waals surface area contributed by atoms with Crippen LogP contribution in [-0.2, 0) is 14.0 Å². The lowest BCUT2D eigenvalue weighted by Gasteiger charge is -2.43. The highest BCUT2D eigenvalue weighted by molar-refractivity contribution is 6.99. The van der Waals surface area contributed by atoms with Crippen LogP contribution in [0.2, 0.25) is 5.04 Å². The Morgan fingerprint density at radius 2 is 1.52 bits per heavy atom. The average Bonchev–Trinajstić information content (AvgIpc) is 2.62. The molecule has 0 fully saturated rings. The van der Waals surface area contributed by atoms with Gasteiger partial charge in [-0.1, -0.05) is 81.4 Å². The second-order valence-electron chi connectivity index (χ2n) is 7.44. The van der Waals surface area contributed by atoms with Crippen molar-refractivity contribution in [3.05, 3.63) is 60.7 Å². The first-order valence-corrected chi connectivity index (χ1v) is 10.9. The first kappa shape index (κ1) is 20.9. The molecule has 0 radical (unpaired) electrons. The summed E-state index contributed by atoms with van der Waals surface area (Å²) in [6, 6.07) is 20.2. The number of ether oxygens (including phenoxy) is 1. The van der Waals surface area contributed by atoms with Crippen molar-refractivity contribution in [3.8, 4) is 0 Å². The van der Waals surface area contributed by atoms with Gasteiger partial charge in [-0.25, -0.2) is 4.79 Å². The molecular formula is C21H27NO4Si. The Bertz CT molecular complexity index is 704. The van der Waals surface area contributed by atoms with Gasteiger partial charge in [-0.2, -0.15) is 0 Å². The average molecular weight is 386 g/mol. The van der Waals surface area contributed by atoms with Gasteiger partial charge in [0.05, 0.1) is 6.61 Å². The molecule has 2 rings (SSSR count). The van der Waals surface area contributed by atoms with Crippen molar-refractivity contribution in [3.63, 3.8) is 0 Å². The molecule has 0 saturated heterocycles. The predicted octanol–water partition coefficient (Wildman–Crippen LogP) is 2.62. The topological polar surface area (TPSA) is 78.6 Å². The lowest BCUT2D eigenvalue weighted by atomic mass is 10.2. The minimum Gasteiger partial charge on any atom is -0.444 e. The third-order valence-electron chi connectivity index (χ3n) is 4.54. The first-order chi connectivity index (χ1) is 12.8. The second-order valence-corrected chi connectivity index (χ2v) is 11.7. The number of amides is 1. The standard InChI is InChI=1S/C21H27NO4Si/c1-21(2,3)27(18-10-6-4-7-11-18,19-12-8-5-9-13-19)25-16-17(14-15-23)26-20(22)24/h4-13,15,17H,14,16H2,1-3H3,(H2,22,24)/t17-/m0/s1. The summed E-state index contributed by atoms with van der Waals surface area (Å²) in [5, 5.41) is 2.04. The van der Waals surface area contributed by atoms with Gasteiger partial charge < -0.3 is 19.7 Å². The van der Waals surface area contributed by atoms with Crippen molar-refractivity contribution < 1.29 is 18.8 Å². The summed E-state index contributed by atoms with van der Waals surface area (Å²) in [5.41, 5.74) is 5.15. The van der Waals surface area contributed by atoms with Gasteiger partial charge in [0.2, 0.25) is 0 Å². The molecule has 0 aliphatic heterocycles. The molecular weight excluding hydrogens is 358 g/mol. The van der Waals surface area contributed by atoms with Crippen molar-refractivity contribution >= 4 is 31.1 Å². The van der Waals surface area contributed by atoms with E-state index in [1.54, 1.807) is 0 Å². The fourth-order valence-corrected chi connectivity index (χ4v) is 7.99. The third kappa shape index (κ3) is 4.84. The van der Waals surface area contributed by atoms with Crippen LogP contribution in [0.25, 0.3) is 0 Å². The highest BCUT2D eigenvalue weighted by Gasteiger charge is 2.50. The van der Waals surface area contributed by atoms with Gasteiger partial charge in [0.25, 0.3) is 8.32 Å². The molecule has 2 aromatic carbocycles. The fraction of sp³-hybridized carbons (Fsp3) is 0.333. The zero-order valence-electron chi connectivity index (χ0n) is 16.1. The van der Waals surface area contributed by atoms with E-state index in [-0.39, 0.29) is 18.1 Å². The molecule has 2 aromatic rings. The summed E-state index contributed by atoms with van der Waals surface area (Å²) in [6.45, 7) is 6.57. The molecule has 0 heterocycles. The number of primary amides is 1. The van der Waals surface area contributed by atoms with Gasteiger partial charge >= 0.3 is 6.09 Å².